The monoisotopic (exact) mass is 562 g/mol. The number of rotatable bonds is 8. The summed E-state index contributed by atoms with van der Waals surface area (Å²) in [6, 6.07) is 22.7. The Morgan fingerprint density at radius 1 is 0.833 bits per heavy atom. The van der Waals surface area contributed by atoms with Crippen molar-refractivity contribution in [1.82, 2.24) is 15.6 Å². The number of hydrogen-bond acceptors (Lipinski definition) is 6. The summed E-state index contributed by atoms with van der Waals surface area (Å²) in [7, 11) is 0. The average molecular weight is 563 g/mol. The first-order valence-corrected chi connectivity index (χ1v) is 14.0. The molecule has 0 spiro atoms. The lowest BCUT2D eigenvalue weighted by Gasteiger charge is -2.20. The summed E-state index contributed by atoms with van der Waals surface area (Å²) >= 11 is 0. The molecular weight excluding hydrogens is 528 g/mol. The van der Waals surface area contributed by atoms with E-state index in [-0.39, 0.29) is 51.8 Å². The summed E-state index contributed by atoms with van der Waals surface area (Å²) in [5, 5.41) is 6.00. The van der Waals surface area contributed by atoms with E-state index >= 15 is 0 Å². The highest BCUT2D eigenvalue weighted by Crippen LogP contribution is 2.34. The predicted molar refractivity (Wildman–Crippen MR) is 165 cm³/mol. The van der Waals surface area contributed by atoms with Gasteiger partial charge in [-0.1, -0.05) is 66.7 Å². The highest BCUT2D eigenvalue weighted by molar-refractivity contribution is 6.08. The third-order valence-corrected chi connectivity index (χ3v) is 7.40. The van der Waals surface area contributed by atoms with Gasteiger partial charge in [-0.05, 0) is 63.3 Å². The van der Waals surface area contributed by atoms with Crippen LogP contribution in [0.15, 0.2) is 82.0 Å². The van der Waals surface area contributed by atoms with Crippen LogP contribution in [-0.2, 0) is 12.8 Å². The minimum atomic E-state index is -0.532. The molecule has 4 N–H and O–H groups in total. The molecule has 3 aromatic rings. The Morgan fingerprint density at radius 2 is 1.38 bits per heavy atom. The van der Waals surface area contributed by atoms with Crippen molar-refractivity contribution >= 4 is 28.6 Å². The van der Waals surface area contributed by atoms with Crippen LogP contribution in [0.3, 0.4) is 0 Å². The van der Waals surface area contributed by atoms with Gasteiger partial charge in [0.2, 0.25) is 5.43 Å². The van der Waals surface area contributed by atoms with Crippen LogP contribution in [0.2, 0.25) is 0 Å². The van der Waals surface area contributed by atoms with Crippen LogP contribution in [-0.4, -0.2) is 28.9 Å². The molecule has 0 aromatic heterocycles. The number of aromatic nitrogens is 1. The van der Waals surface area contributed by atoms with Crippen LogP contribution in [0.25, 0.3) is 22.6 Å². The molecule has 2 unspecified atom stereocenters. The number of nitrogens with one attached hydrogen (secondary N) is 2. The fourth-order valence-electron chi connectivity index (χ4n) is 5.24. The number of nitrogens with zero attached hydrogens (tertiary/aromatic N) is 1. The van der Waals surface area contributed by atoms with Gasteiger partial charge < -0.3 is 20.8 Å². The molecule has 0 saturated carbocycles. The van der Waals surface area contributed by atoms with E-state index in [9.17, 15) is 14.4 Å². The van der Waals surface area contributed by atoms with Gasteiger partial charge >= 0.3 is 0 Å². The van der Waals surface area contributed by atoms with Crippen molar-refractivity contribution in [2.45, 2.75) is 52.6 Å². The lowest BCUT2D eigenvalue weighted by molar-refractivity contribution is 0.0933. The summed E-state index contributed by atoms with van der Waals surface area (Å²) in [4.78, 5) is 45.0. The maximum atomic E-state index is 13.6. The Balaban J connectivity index is 1.55. The van der Waals surface area contributed by atoms with Gasteiger partial charge in [-0.2, -0.15) is 0 Å². The first kappa shape index (κ1) is 28.5. The summed E-state index contributed by atoms with van der Waals surface area (Å²) in [5.74, 6) is -0.686. The number of amides is 2. The normalized spacial score (nSPS) is 12.7. The van der Waals surface area contributed by atoms with E-state index in [4.69, 9.17) is 15.1 Å². The second kappa shape index (κ2) is 11.9. The number of nitrogen functional groups attached to an aromatic ring is 1. The Hall–Kier alpha value is -4.98. The third-order valence-electron chi connectivity index (χ3n) is 7.40. The number of carbonyl (C=O) groups is 2. The zero-order valence-electron chi connectivity index (χ0n) is 24.2. The number of hydrogen-bond donors (Lipinski definition) is 3. The standard InChI is InChI=1S/C34H34N4O4/c1-19-15-16-25(33(40)36-20(2)17-23-11-7-5-8-12-23)28-31(19)42-32-22(4)30(39)27(35)26(29(32)38-28)34(41)37-21(3)18-24-13-9-6-10-14-24/h5-16,20-21H,17-18,35H2,1-4H3,(H,36,40)(H,37,41). The van der Waals surface area contributed by atoms with Crippen LogP contribution in [0.1, 0.15) is 56.8 Å². The van der Waals surface area contributed by atoms with Gasteiger partial charge in [0, 0.05) is 17.6 Å². The smallest absolute Gasteiger partial charge is 0.256 e. The topological polar surface area (TPSA) is 127 Å². The Kier molecular flexibility index (Phi) is 8.06. The summed E-state index contributed by atoms with van der Waals surface area (Å²) in [6.07, 6.45) is 1.25. The van der Waals surface area contributed by atoms with E-state index in [2.05, 4.69) is 10.6 Å². The molecule has 8 nitrogen and oxygen atoms in total. The fourth-order valence-corrected chi connectivity index (χ4v) is 5.24. The zero-order chi connectivity index (χ0) is 30.0. The molecule has 2 aliphatic rings. The molecule has 42 heavy (non-hydrogen) atoms. The van der Waals surface area contributed by atoms with Gasteiger partial charge in [0.05, 0.1) is 16.8 Å². The van der Waals surface area contributed by atoms with Crippen LogP contribution >= 0.6 is 0 Å². The molecule has 0 radical (unpaired) electrons. The quantitative estimate of drug-likeness (QED) is 0.176. The van der Waals surface area contributed by atoms with Gasteiger partial charge in [-0.25, -0.2) is 4.98 Å². The molecule has 8 heteroatoms. The Labute approximate surface area is 244 Å². The molecule has 214 valence electrons. The van der Waals surface area contributed by atoms with E-state index < -0.39 is 11.3 Å². The second-order valence-electron chi connectivity index (χ2n) is 10.9. The van der Waals surface area contributed by atoms with E-state index in [1.165, 1.54) is 0 Å². The largest absolute Gasteiger partial charge is 0.452 e. The van der Waals surface area contributed by atoms with Crippen molar-refractivity contribution in [3.63, 3.8) is 0 Å². The molecule has 5 rings (SSSR count). The first-order chi connectivity index (χ1) is 20.1. The lowest BCUT2D eigenvalue weighted by Crippen LogP contribution is -2.36. The Bertz CT molecular complexity index is 1800. The van der Waals surface area contributed by atoms with E-state index in [0.29, 0.717) is 24.0 Å². The molecule has 1 aliphatic carbocycles. The molecule has 2 atom stereocenters. The average Bonchev–Trinajstić information content (AvgIpc) is 2.96. The Morgan fingerprint density at radius 3 is 1.95 bits per heavy atom. The predicted octanol–water partition coefficient (Wildman–Crippen LogP) is 5.21. The second-order valence-corrected chi connectivity index (χ2v) is 10.9. The fraction of sp³-hybridized carbons (Fsp3) is 0.235. The maximum Gasteiger partial charge on any atom is 0.256 e. The highest BCUT2D eigenvalue weighted by Gasteiger charge is 2.29. The zero-order valence-corrected chi connectivity index (χ0v) is 24.2. The molecule has 1 heterocycles. The first-order valence-electron chi connectivity index (χ1n) is 14.0. The van der Waals surface area contributed by atoms with Gasteiger partial charge in [0.1, 0.15) is 11.2 Å². The van der Waals surface area contributed by atoms with Crippen LogP contribution in [0.5, 0.6) is 0 Å². The third kappa shape index (κ3) is 5.74. The number of nitrogens with two attached hydrogens (primary N) is 1. The van der Waals surface area contributed by atoms with Crippen LogP contribution in [0, 0.1) is 13.8 Å². The highest BCUT2D eigenvalue weighted by atomic mass is 16.3. The van der Waals surface area contributed by atoms with Gasteiger partial charge in [-0.15, -0.1) is 0 Å². The van der Waals surface area contributed by atoms with Crippen LogP contribution in [0.4, 0.5) is 5.69 Å². The van der Waals surface area contributed by atoms with E-state index in [1.807, 2.05) is 81.4 Å². The van der Waals surface area contributed by atoms with E-state index in [0.717, 1.165) is 16.7 Å². The lowest BCUT2D eigenvalue weighted by atomic mass is 9.99. The molecule has 0 bridgehead atoms. The minimum Gasteiger partial charge on any atom is -0.452 e. The SMILES string of the molecule is Cc1c2oc3c(C)ccc(C(=O)NC(C)Cc4ccccc4)c3nc-2c(C(=O)NC(C)Cc2ccccc2)c(N)c1=O. The van der Waals surface area contributed by atoms with Gasteiger partial charge in [0.25, 0.3) is 11.8 Å². The number of benzene rings is 4. The van der Waals surface area contributed by atoms with E-state index in [1.54, 1.807) is 19.1 Å². The van der Waals surface area contributed by atoms with Crippen molar-refractivity contribution in [2.75, 3.05) is 5.73 Å². The van der Waals surface area contributed by atoms with Gasteiger partial charge in [0.15, 0.2) is 11.3 Å². The molecule has 0 fully saturated rings. The summed E-state index contributed by atoms with van der Waals surface area (Å²) < 4.78 is 6.25. The summed E-state index contributed by atoms with van der Waals surface area (Å²) in [5.41, 5.74) is 9.73. The van der Waals surface area contributed by atoms with Crippen LogP contribution < -0.4 is 21.8 Å². The molecule has 3 aromatic carbocycles. The summed E-state index contributed by atoms with van der Waals surface area (Å²) in [6.45, 7) is 7.25. The molecule has 0 saturated heterocycles. The number of fused-ring (bicyclic) bond motifs is 2. The van der Waals surface area contributed by atoms with Crippen molar-refractivity contribution in [2.24, 2.45) is 0 Å². The van der Waals surface area contributed by atoms with Crippen molar-refractivity contribution in [1.29, 1.82) is 0 Å². The van der Waals surface area contributed by atoms with Crippen molar-refractivity contribution in [3.05, 3.63) is 116 Å². The number of anilines is 1. The molecular formula is C34H34N4O4. The maximum absolute atomic E-state index is 13.6. The minimum absolute atomic E-state index is 0.0588. The molecule has 2 amide bonds. The van der Waals surface area contributed by atoms with Crippen molar-refractivity contribution < 1.29 is 14.0 Å². The molecule has 1 aliphatic heterocycles. The van der Waals surface area contributed by atoms with Gasteiger partial charge in [-0.3, -0.25) is 14.4 Å². The number of carbonyl (C=O) groups excluding carboxylic acids is 2. The number of aryl methyl sites for hydroxylation is 1. The van der Waals surface area contributed by atoms with Crippen molar-refractivity contribution in [3.8, 4) is 11.5 Å².